The Morgan fingerprint density at radius 3 is 2.53 bits per heavy atom. The van der Waals surface area contributed by atoms with Crippen molar-refractivity contribution in [2.24, 2.45) is 0 Å². The van der Waals surface area contributed by atoms with Crippen LogP contribution in [-0.2, 0) is 32.0 Å². The van der Waals surface area contributed by atoms with E-state index in [1.807, 2.05) is 12.1 Å². The Hall–Kier alpha value is -4.65. The zero-order valence-electron chi connectivity index (χ0n) is 26.0. The predicted molar refractivity (Wildman–Crippen MR) is 171 cm³/mol. The molecule has 12 nitrogen and oxygen atoms in total. The van der Waals surface area contributed by atoms with Crippen molar-refractivity contribution in [3.8, 4) is 28.4 Å². The van der Waals surface area contributed by atoms with Crippen molar-refractivity contribution in [2.45, 2.75) is 52.0 Å². The molecule has 3 aromatic rings. The van der Waals surface area contributed by atoms with Crippen molar-refractivity contribution in [1.29, 1.82) is 0 Å². The van der Waals surface area contributed by atoms with Crippen LogP contribution < -0.4 is 35.6 Å². The molecule has 1 aliphatic carbocycles. The SMILES string of the molecule is CCOC(=O)Cc1csc(NC(=O)CCCNc2ccc3c(cc2=O)[C@H](NC(C)=O)CCc2cc(OC)c(OC)c(OC)c2-3)n1. The van der Waals surface area contributed by atoms with Crippen LogP contribution in [0.1, 0.15) is 56.0 Å². The highest BCUT2D eigenvalue weighted by Crippen LogP contribution is 2.50. The van der Waals surface area contributed by atoms with E-state index in [-0.39, 0.29) is 36.1 Å². The van der Waals surface area contributed by atoms with Crippen molar-refractivity contribution < 1.29 is 33.3 Å². The van der Waals surface area contributed by atoms with Gasteiger partial charge in [-0.2, -0.15) is 0 Å². The lowest BCUT2D eigenvalue weighted by Gasteiger charge is -2.19. The highest BCUT2D eigenvalue weighted by Gasteiger charge is 2.29. The van der Waals surface area contributed by atoms with Gasteiger partial charge in [0.05, 0.1) is 51.8 Å². The molecule has 0 bridgehead atoms. The summed E-state index contributed by atoms with van der Waals surface area (Å²) in [5, 5.41) is 11.0. The maximum absolute atomic E-state index is 13.4. The summed E-state index contributed by atoms with van der Waals surface area (Å²) in [7, 11) is 4.65. The van der Waals surface area contributed by atoms with Crippen LogP contribution >= 0.6 is 11.3 Å². The molecule has 0 unspecified atom stereocenters. The first-order chi connectivity index (χ1) is 21.7. The van der Waals surface area contributed by atoms with Gasteiger partial charge in [-0.1, -0.05) is 6.07 Å². The summed E-state index contributed by atoms with van der Waals surface area (Å²) in [6, 6.07) is 6.59. The molecule has 45 heavy (non-hydrogen) atoms. The molecule has 0 aliphatic heterocycles. The summed E-state index contributed by atoms with van der Waals surface area (Å²) >= 11 is 1.24. The minimum atomic E-state index is -0.410. The minimum Gasteiger partial charge on any atom is -0.493 e. The number of hydrogen-bond donors (Lipinski definition) is 3. The number of methoxy groups -OCH3 is 3. The van der Waals surface area contributed by atoms with Crippen LogP contribution in [0.5, 0.6) is 17.2 Å². The second-order valence-corrected chi connectivity index (χ2v) is 11.2. The monoisotopic (exact) mass is 638 g/mol. The van der Waals surface area contributed by atoms with E-state index in [0.29, 0.717) is 71.7 Å². The van der Waals surface area contributed by atoms with Crippen molar-refractivity contribution in [3.05, 3.63) is 56.7 Å². The number of carbonyl (C=O) groups is 3. The number of aromatic nitrogens is 1. The van der Waals surface area contributed by atoms with E-state index < -0.39 is 6.04 Å². The quantitative estimate of drug-likeness (QED) is 0.183. The number of rotatable bonds is 13. The third kappa shape index (κ3) is 8.09. The summed E-state index contributed by atoms with van der Waals surface area (Å²) in [6.07, 6.45) is 1.85. The Balaban J connectivity index is 1.52. The molecule has 0 saturated heterocycles. The van der Waals surface area contributed by atoms with Gasteiger partial charge in [-0.05, 0) is 61.1 Å². The first-order valence-electron chi connectivity index (χ1n) is 14.6. The van der Waals surface area contributed by atoms with E-state index in [1.165, 1.54) is 25.4 Å². The van der Waals surface area contributed by atoms with Crippen LogP contribution in [0.25, 0.3) is 11.1 Å². The number of nitrogens with zero attached hydrogens (tertiary/aromatic N) is 1. The molecule has 3 N–H and O–H groups in total. The number of nitrogens with one attached hydrogen (secondary N) is 3. The van der Waals surface area contributed by atoms with Crippen molar-refractivity contribution >= 4 is 39.9 Å². The Morgan fingerprint density at radius 2 is 1.84 bits per heavy atom. The fourth-order valence-electron chi connectivity index (χ4n) is 5.31. The fraction of sp³-hybridized carbons (Fsp3) is 0.406. The Morgan fingerprint density at radius 1 is 1.07 bits per heavy atom. The molecular weight excluding hydrogens is 600 g/mol. The van der Waals surface area contributed by atoms with Crippen LogP contribution in [0.15, 0.2) is 34.4 Å². The van der Waals surface area contributed by atoms with Gasteiger partial charge in [-0.25, -0.2) is 4.98 Å². The standard InChI is InChI=1S/C32H38N4O8S/c1-6-44-28(40)15-20-17-45-32(35-20)36-27(39)8-7-13-33-24-12-10-21-22(16-25(24)38)23(34-18(2)37)11-9-19-14-26(41-3)30(42-4)31(43-5)29(19)21/h10,12,14,16-17,23H,6-9,11,13,15H2,1-5H3,(H,33,38)(H,34,37)(H,35,36,39)/t23-/m1/s1. The topological polar surface area (TPSA) is 154 Å². The van der Waals surface area contributed by atoms with Crippen molar-refractivity contribution in [3.63, 3.8) is 0 Å². The number of esters is 1. The Bertz CT molecular complexity index is 1620. The van der Waals surface area contributed by atoms with Gasteiger partial charge in [0.25, 0.3) is 0 Å². The summed E-state index contributed by atoms with van der Waals surface area (Å²) < 4.78 is 22.0. The average molecular weight is 639 g/mol. The van der Waals surface area contributed by atoms with E-state index in [2.05, 4.69) is 20.9 Å². The molecule has 0 radical (unpaired) electrons. The van der Waals surface area contributed by atoms with Crippen molar-refractivity contribution in [1.82, 2.24) is 10.3 Å². The number of fused-ring (bicyclic) bond motifs is 3. The third-order valence-electron chi connectivity index (χ3n) is 7.24. The summed E-state index contributed by atoms with van der Waals surface area (Å²) in [5.41, 5.74) is 3.74. The number of ether oxygens (including phenoxy) is 4. The molecular formula is C32H38N4O8S. The number of hydrogen-bond acceptors (Lipinski definition) is 11. The van der Waals surface area contributed by atoms with Gasteiger partial charge >= 0.3 is 5.97 Å². The Kier molecular flexibility index (Phi) is 11.4. The highest BCUT2D eigenvalue weighted by molar-refractivity contribution is 7.13. The first kappa shape index (κ1) is 33.2. The van der Waals surface area contributed by atoms with E-state index >= 15 is 0 Å². The van der Waals surface area contributed by atoms with E-state index in [9.17, 15) is 19.2 Å². The predicted octanol–water partition coefficient (Wildman–Crippen LogP) is 4.26. The second kappa shape index (κ2) is 15.4. The van der Waals surface area contributed by atoms with Crippen LogP contribution in [0.4, 0.5) is 10.8 Å². The average Bonchev–Trinajstić information content (AvgIpc) is 3.30. The third-order valence-corrected chi connectivity index (χ3v) is 8.05. The maximum Gasteiger partial charge on any atom is 0.311 e. The van der Waals surface area contributed by atoms with Gasteiger partial charge in [0.2, 0.25) is 23.0 Å². The zero-order chi connectivity index (χ0) is 32.5. The molecule has 1 aromatic heterocycles. The molecule has 1 aliphatic rings. The fourth-order valence-corrected chi connectivity index (χ4v) is 6.04. The highest BCUT2D eigenvalue weighted by atomic mass is 32.1. The lowest BCUT2D eigenvalue weighted by Crippen LogP contribution is -2.26. The largest absolute Gasteiger partial charge is 0.493 e. The summed E-state index contributed by atoms with van der Waals surface area (Å²) in [6.45, 7) is 3.84. The van der Waals surface area contributed by atoms with Gasteiger partial charge in [0.1, 0.15) is 0 Å². The number of thiazole rings is 1. The molecule has 0 spiro atoms. The van der Waals surface area contributed by atoms with Gasteiger partial charge in [-0.3, -0.25) is 19.2 Å². The van der Waals surface area contributed by atoms with Crippen LogP contribution in [0.3, 0.4) is 0 Å². The molecule has 0 saturated carbocycles. The molecule has 13 heteroatoms. The second-order valence-electron chi connectivity index (χ2n) is 10.3. The lowest BCUT2D eigenvalue weighted by molar-refractivity contribution is -0.142. The van der Waals surface area contributed by atoms with E-state index in [4.69, 9.17) is 18.9 Å². The summed E-state index contributed by atoms with van der Waals surface area (Å²) in [4.78, 5) is 54.0. The zero-order valence-corrected chi connectivity index (χ0v) is 26.9. The van der Waals surface area contributed by atoms with Crippen LogP contribution in [-0.4, -0.2) is 57.2 Å². The molecule has 2 aromatic carbocycles. The number of aryl methyl sites for hydroxylation is 1. The Labute approximate surface area is 265 Å². The van der Waals surface area contributed by atoms with Crippen molar-refractivity contribution in [2.75, 3.05) is 45.1 Å². The maximum atomic E-state index is 13.4. The van der Waals surface area contributed by atoms with E-state index in [1.54, 1.807) is 38.7 Å². The van der Waals surface area contributed by atoms with Gasteiger partial charge in [0, 0.05) is 30.8 Å². The van der Waals surface area contributed by atoms with Gasteiger partial charge < -0.3 is 34.9 Å². The number of amides is 2. The van der Waals surface area contributed by atoms with Crippen LogP contribution in [0, 0.1) is 0 Å². The normalized spacial score (nSPS) is 13.4. The van der Waals surface area contributed by atoms with Gasteiger partial charge in [-0.15, -0.1) is 11.3 Å². The smallest absolute Gasteiger partial charge is 0.311 e. The van der Waals surface area contributed by atoms with E-state index in [0.717, 1.165) is 16.7 Å². The molecule has 240 valence electrons. The first-order valence-corrected chi connectivity index (χ1v) is 15.5. The molecule has 1 atom stereocenters. The van der Waals surface area contributed by atoms with Crippen LogP contribution in [0.2, 0.25) is 0 Å². The number of carbonyl (C=O) groups excluding carboxylic acids is 3. The molecule has 2 amide bonds. The minimum absolute atomic E-state index is 0.0469. The van der Waals surface area contributed by atoms with Gasteiger partial charge in [0.15, 0.2) is 16.6 Å². The molecule has 0 fully saturated rings. The summed E-state index contributed by atoms with van der Waals surface area (Å²) in [5.74, 6) is 0.625. The lowest BCUT2D eigenvalue weighted by atomic mass is 9.95. The number of benzene rings is 1. The number of anilines is 2. The molecule has 4 rings (SSSR count). The molecule has 1 heterocycles.